The van der Waals surface area contributed by atoms with E-state index in [1.165, 1.54) is 5.56 Å². The fourth-order valence-electron chi connectivity index (χ4n) is 2.23. The molecule has 1 heterocycles. The van der Waals surface area contributed by atoms with E-state index in [0.717, 1.165) is 16.9 Å². The molecule has 2 aromatic carbocycles. The molecule has 0 saturated carbocycles. The highest BCUT2D eigenvalue weighted by Gasteiger charge is 2.20. The van der Waals surface area contributed by atoms with Crippen LogP contribution in [-0.2, 0) is 16.1 Å². The van der Waals surface area contributed by atoms with Crippen LogP contribution in [0.1, 0.15) is 23.0 Å². The molecule has 3 nitrogen and oxygen atoms in total. The van der Waals surface area contributed by atoms with Crippen LogP contribution in [0, 0.1) is 6.92 Å². The number of hydrogen-bond donors (Lipinski definition) is 0. The smallest absolute Gasteiger partial charge is 0.184 e. The molecule has 3 rings (SSSR count). The van der Waals surface area contributed by atoms with Crippen molar-refractivity contribution in [2.75, 3.05) is 13.2 Å². The van der Waals surface area contributed by atoms with E-state index in [1.54, 1.807) is 0 Å². The van der Waals surface area contributed by atoms with Crippen LogP contribution in [0.4, 0.5) is 0 Å². The fourth-order valence-corrected chi connectivity index (χ4v) is 2.23. The molecule has 0 amide bonds. The molecule has 0 atom stereocenters. The summed E-state index contributed by atoms with van der Waals surface area (Å²) in [7, 11) is 0. The molecule has 1 saturated heterocycles. The minimum atomic E-state index is -0.257. The van der Waals surface area contributed by atoms with Crippen LogP contribution in [0.3, 0.4) is 0 Å². The first kappa shape index (κ1) is 13.2. The number of ether oxygens (including phenoxy) is 3. The van der Waals surface area contributed by atoms with Gasteiger partial charge in [0.2, 0.25) is 0 Å². The standard InChI is InChI=1S/C17H18O3/c1-13-6-8-15(9-7-13)20-12-14-4-2-3-5-16(14)17-18-10-11-19-17/h2-9,17H,10-12H2,1H3. The number of rotatable bonds is 4. The van der Waals surface area contributed by atoms with E-state index in [2.05, 4.69) is 13.0 Å². The minimum Gasteiger partial charge on any atom is -0.489 e. The largest absolute Gasteiger partial charge is 0.489 e. The van der Waals surface area contributed by atoms with Gasteiger partial charge >= 0.3 is 0 Å². The molecule has 0 unspecified atom stereocenters. The third-order valence-corrected chi connectivity index (χ3v) is 3.35. The Morgan fingerprint density at radius 3 is 2.45 bits per heavy atom. The maximum atomic E-state index is 5.84. The average molecular weight is 270 g/mol. The van der Waals surface area contributed by atoms with Crippen LogP contribution in [0.5, 0.6) is 5.75 Å². The fraction of sp³-hybridized carbons (Fsp3) is 0.294. The highest BCUT2D eigenvalue weighted by Crippen LogP contribution is 2.27. The van der Waals surface area contributed by atoms with Gasteiger partial charge < -0.3 is 14.2 Å². The summed E-state index contributed by atoms with van der Waals surface area (Å²) in [5, 5.41) is 0. The summed E-state index contributed by atoms with van der Waals surface area (Å²) in [6.45, 7) is 3.88. The lowest BCUT2D eigenvalue weighted by atomic mass is 10.1. The normalized spacial score (nSPS) is 15.4. The first-order valence-corrected chi connectivity index (χ1v) is 6.83. The SMILES string of the molecule is Cc1ccc(OCc2ccccc2C2OCCO2)cc1. The Morgan fingerprint density at radius 1 is 1.00 bits per heavy atom. The molecule has 1 fully saturated rings. The Balaban J connectivity index is 1.72. The molecular weight excluding hydrogens is 252 g/mol. The Hall–Kier alpha value is -1.84. The Morgan fingerprint density at radius 2 is 1.70 bits per heavy atom. The van der Waals surface area contributed by atoms with E-state index < -0.39 is 0 Å². The first-order chi connectivity index (χ1) is 9.83. The molecule has 0 aromatic heterocycles. The van der Waals surface area contributed by atoms with Gasteiger partial charge in [-0.15, -0.1) is 0 Å². The monoisotopic (exact) mass is 270 g/mol. The molecule has 104 valence electrons. The van der Waals surface area contributed by atoms with Crippen molar-refractivity contribution >= 4 is 0 Å². The highest BCUT2D eigenvalue weighted by atomic mass is 16.7. The molecule has 2 aromatic rings. The van der Waals surface area contributed by atoms with Crippen LogP contribution in [0.25, 0.3) is 0 Å². The lowest BCUT2D eigenvalue weighted by Gasteiger charge is -2.15. The minimum absolute atomic E-state index is 0.257. The number of hydrogen-bond acceptors (Lipinski definition) is 3. The van der Waals surface area contributed by atoms with Crippen LogP contribution in [0.2, 0.25) is 0 Å². The molecule has 0 spiro atoms. The summed E-state index contributed by atoms with van der Waals surface area (Å²) in [4.78, 5) is 0. The van der Waals surface area contributed by atoms with E-state index in [1.807, 2.05) is 42.5 Å². The molecule has 20 heavy (non-hydrogen) atoms. The summed E-state index contributed by atoms with van der Waals surface area (Å²) in [5.74, 6) is 0.874. The summed E-state index contributed by atoms with van der Waals surface area (Å²) < 4.78 is 17.0. The maximum Gasteiger partial charge on any atom is 0.184 e. The topological polar surface area (TPSA) is 27.7 Å². The zero-order valence-corrected chi connectivity index (χ0v) is 11.5. The van der Waals surface area contributed by atoms with Gasteiger partial charge in [0, 0.05) is 5.56 Å². The van der Waals surface area contributed by atoms with Gasteiger partial charge in [-0.1, -0.05) is 42.0 Å². The summed E-state index contributed by atoms with van der Waals surface area (Å²) in [6, 6.07) is 16.1. The van der Waals surface area contributed by atoms with Crippen molar-refractivity contribution < 1.29 is 14.2 Å². The summed E-state index contributed by atoms with van der Waals surface area (Å²) in [6.07, 6.45) is -0.257. The van der Waals surface area contributed by atoms with Gasteiger partial charge in [-0.25, -0.2) is 0 Å². The van der Waals surface area contributed by atoms with Crippen molar-refractivity contribution in [3.8, 4) is 5.75 Å². The third kappa shape index (κ3) is 3.00. The van der Waals surface area contributed by atoms with Crippen LogP contribution in [-0.4, -0.2) is 13.2 Å². The summed E-state index contributed by atoms with van der Waals surface area (Å²) in [5.41, 5.74) is 3.38. The van der Waals surface area contributed by atoms with Gasteiger partial charge in [-0.05, 0) is 24.6 Å². The second-order valence-electron chi connectivity index (χ2n) is 4.87. The van der Waals surface area contributed by atoms with Crippen molar-refractivity contribution in [2.24, 2.45) is 0 Å². The molecule has 0 aliphatic carbocycles. The molecule has 1 aliphatic rings. The van der Waals surface area contributed by atoms with Crippen LogP contribution < -0.4 is 4.74 Å². The van der Waals surface area contributed by atoms with E-state index in [-0.39, 0.29) is 6.29 Å². The molecule has 3 heteroatoms. The third-order valence-electron chi connectivity index (χ3n) is 3.35. The van der Waals surface area contributed by atoms with Gasteiger partial charge in [0.05, 0.1) is 13.2 Å². The predicted molar refractivity (Wildman–Crippen MR) is 76.6 cm³/mol. The molecular formula is C17H18O3. The summed E-state index contributed by atoms with van der Waals surface area (Å²) >= 11 is 0. The predicted octanol–water partition coefficient (Wildman–Crippen LogP) is 3.62. The molecule has 0 bridgehead atoms. The zero-order chi connectivity index (χ0) is 13.8. The van der Waals surface area contributed by atoms with E-state index in [9.17, 15) is 0 Å². The second kappa shape index (κ2) is 6.07. The molecule has 0 radical (unpaired) electrons. The van der Waals surface area contributed by atoms with Gasteiger partial charge in [-0.2, -0.15) is 0 Å². The zero-order valence-electron chi connectivity index (χ0n) is 11.5. The highest BCUT2D eigenvalue weighted by molar-refractivity contribution is 5.30. The van der Waals surface area contributed by atoms with Gasteiger partial charge in [0.15, 0.2) is 6.29 Å². The van der Waals surface area contributed by atoms with Crippen LogP contribution in [0.15, 0.2) is 48.5 Å². The van der Waals surface area contributed by atoms with E-state index in [0.29, 0.717) is 19.8 Å². The van der Waals surface area contributed by atoms with Crippen molar-refractivity contribution in [1.82, 2.24) is 0 Å². The first-order valence-electron chi connectivity index (χ1n) is 6.83. The lowest BCUT2D eigenvalue weighted by Crippen LogP contribution is -2.05. The Bertz CT molecular complexity index is 557. The average Bonchev–Trinajstić information content (AvgIpc) is 3.01. The van der Waals surface area contributed by atoms with Crippen molar-refractivity contribution in [3.05, 3.63) is 65.2 Å². The van der Waals surface area contributed by atoms with E-state index >= 15 is 0 Å². The Kier molecular flexibility index (Phi) is 4.00. The van der Waals surface area contributed by atoms with Gasteiger partial charge in [0.25, 0.3) is 0 Å². The molecule has 1 aliphatic heterocycles. The second-order valence-corrected chi connectivity index (χ2v) is 4.87. The number of benzene rings is 2. The van der Waals surface area contributed by atoms with E-state index in [4.69, 9.17) is 14.2 Å². The maximum absolute atomic E-state index is 5.84. The number of aryl methyl sites for hydroxylation is 1. The quantitative estimate of drug-likeness (QED) is 0.849. The lowest BCUT2D eigenvalue weighted by molar-refractivity contribution is -0.0451. The van der Waals surface area contributed by atoms with Crippen molar-refractivity contribution in [1.29, 1.82) is 0 Å². The van der Waals surface area contributed by atoms with Gasteiger partial charge in [0.1, 0.15) is 12.4 Å². The van der Waals surface area contributed by atoms with Gasteiger partial charge in [-0.3, -0.25) is 0 Å². The molecule has 0 N–H and O–H groups in total. The van der Waals surface area contributed by atoms with Crippen molar-refractivity contribution in [2.45, 2.75) is 19.8 Å². The Labute approximate surface area is 119 Å². The van der Waals surface area contributed by atoms with Crippen LogP contribution >= 0.6 is 0 Å². The van der Waals surface area contributed by atoms with Crippen molar-refractivity contribution in [3.63, 3.8) is 0 Å².